The van der Waals surface area contributed by atoms with Crippen molar-refractivity contribution in [2.45, 2.75) is 210 Å². The number of sulfonamides is 1. The molecule has 3 aliphatic heterocycles. The van der Waals surface area contributed by atoms with Crippen molar-refractivity contribution in [2.75, 3.05) is 40.5 Å². The number of piperazine rings is 1. The molecule has 18 heteroatoms. The second kappa shape index (κ2) is 22.2. The van der Waals surface area contributed by atoms with Gasteiger partial charge in [0, 0.05) is 97.1 Å². The SMILES string of the molecule is COC1(OC=NC2C[C@H](n3cc(C)c(=O)n(CCCNC(=O)CCC(=O)N4CC5C(C4)N5S(=O)(=O)c4c(C(C)C)cc(C(C)C)cc4C(C)C)c3=O)O[C@@H]2COC2(OC)CCCCC2)CCCCC1. The van der Waals surface area contributed by atoms with Crippen LogP contribution < -0.4 is 16.6 Å². The standard InChI is InChI=1S/C51H78N6O11S/c1-33(2)37-25-38(34(3)4)47(39(26-37)35(5)6)69(62,63)57-41-29-54(30-42(41)57)45(59)18-17-44(58)52-23-16-24-55-48(60)36(7)28-56(49(55)61)46-27-40(53-32-67-51(65-9)21-14-11-15-22-51)43(68-46)31-66-50(64-8)19-12-10-13-20-50/h25-26,28,32-35,40-43,46H,10-24,27,29-31H2,1-9H3,(H,52,58)/t40?,41?,42?,43-,46-,57?/m1/s1. The molecule has 2 aliphatic carbocycles. The Morgan fingerprint density at radius 1 is 0.870 bits per heavy atom. The summed E-state index contributed by atoms with van der Waals surface area (Å²) in [4.78, 5) is 60.5. The second-order valence-corrected chi connectivity index (χ2v) is 22.7. The summed E-state index contributed by atoms with van der Waals surface area (Å²) >= 11 is 0. The fraction of sp³-hybridized carbons (Fsp3) is 0.745. The van der Waals surface area contributed by atoms with Crippen molar-refractivity contribution in [1.82, 2.24) is 23.7 Å². The Kier molecular flexibility index (Phi) is 17.0. The zero-order valence-corrected chi connectivity index (χ0v) is 43.3. The van der Waals surface area contributed by atoms with Gasteiger partial charge in [-0.25, -0.2) is 13.2 Å². The minimum Gasteiger partial charge on any atom is -0.452 e. The average molecular weight is 983 g/mol. The molecule has 3 unspecified atom stereocenters. The molecule has 384 valence electrons. The molecule has 0 radical (unpaired) electrons. The zero-order chi connectivity index (χ0) is 49.8. The number of aromatic nitrogens is 2. The number of nitrogens with one attached hydrogen (secondary N) is 1. The van der Waals surface area contributed by atoms with Crippen LogP contribution in [0.25, 0.3) is 0 Å². The highest BCUT2D eigenvalue weighted by Gasteiger charge is 2.61. The van der Waals surface area contributed by atoms with Crippen LogP contribution in [0, 0.1) is 6.92 Å². The Balaban J connectivity index is 0.917. The quantitative estimate of drug-likeness (QED) is 0.0467. The number of methoxy groups -OCH3 is 2. The molecule has 5 aliphatic rings. The number of nitrogens with zero attached hydrogens (tertiary/aromatic N) is 5. The number of hydrogen-bond donors (Lipinski definition) is 1. The largest absolute Gasteiger partial charge is 0.452 e. The van der Waals surface area contributed by atoms with Crippen molar-refractivity contribution >= 4 is 28.2 Å². The van der Waals surface area contributed by atoms with Crippen LogP contribution in [0.2, 0.25) is 0 Å². The van der Waals surface area contributed by atoms with E-state index in [4.69, 9.17) is 28.7 Å². The smallest absolute Gasteiger partial charge is 0.333 e. The predicted molar refractivity (Wildman–Crippen MR) is 262 cm³/mol. The number of carbonyl (C=O) groups excluding carboxylic acids is 2. The first-order valence-corrected chi connectivity index (χ1v) is 27.0. The van der Waals surface area contributed by atoms with Gasteiger partial charge in [-0.2, -0.15) is 4.31 Å². The lowest BCUT2D eigenvalue weighted by Gasteiger charge is -2.36. The predicted octanol–water partition coefficient (Wildman–Crippen LogP) is 6.59. The van der Waals surface area contributed by atoms with Gasteiger partial charge in [0.2, 0.25) is 27.6 Å². The van der Waals surface area contributed by atoms with Crippen molar-refractivity contribution in [2.24, 2.45) is 4.99 Å². The highest BCUT2D eigenvalue weighted by atomic mass is 32.2. The molecule has 2 aromatic rings. The van der Waals surface area contributed by atoms with Crippen molar-refractivity contribution in [1.29, 1.82) is 0 Å². The summed E-state index contributed by atoms with van der Waals surface area (Å²) < 4.78 is 63.6. The van der Waals surface area contributed by atoms with Crippen molar-refractivity contribution in [3.05, 3.63) is 61.4 Å². The number of likely N-dealkylation sites (tertiary alicyclic amines) is 1. The number of aliphatic imine (C=N–C) groups is 1. The fourth-order valence-corrected chi connectivity index (χ4v) is 13.2. The average Bonchev–Trinajstić information content (AvgIpc) is 3.61. The van der Waals surface area contributed by atoms with E-state index < -0.39 is 51.2 Å². The van der Waals surface area contributed by atoms with E-state index in [0.717, 1.165) is 80.9 Å². The van der Waals surface area contributed by atoms with Gasteiger partial charge in [0.05, 0.1) is 29.6 Å². The maximum Gasteiger partial charge on any atom is 0.333 e. The monoisotopic (exact) mass is 983 g/mol. The molecule has 17 nitrogen and oxygen atoms in total. The maximum absolute atomic E-state index is 14.3. The van der Waals surface area contributed by atoms with Crippen LogP contribution in [0.4, 0.5) is 0 Å². The molecule has 4 heterocycles. The Labute approximate surface area is 408 Å². The summed E-state index contributed by atoms with van der Waals surface area (Å²) in [6.45, 7) is 15.0. The maximum atomic E-state index is 14.3. The van der Waals surface area contributed by atoms with Crippen LogP contribution in [0.3, 0.4) is 0 Å². The lowest BCUT2D eigenvalue weighted by Crippen LogP contribution is -2.43. The van der Waals surface area contributed by atoms with Crippen LogP contribution in [-0.2, 0) is 49.8 Å². The molecule has 1 N–H and O–H groups in total. The number of fused-ring (bicyclic) bond motifs is 1. The molecule has 0 spiro atoms. The summed E-state index contributed by atoms with van der Waals surface area (Å²) in [5.41, 5.74) is 2.19. The number of benzene rings is 1. The number of carbonyl (C=O) groups is 2. The highest BCUT2D eigenvalue weighted by Crippen LogP contribution is 2.45. The van der Waals surface area contributed by atoms with Crippen molar-refractivity contribution in [3.8, 4) is 0 Å². The van der Waals surface area contributed by atoms with Gasteiger partial charge < -0.3 is 33.9 Å². The Bertz CT molecular complexity index is 2360. The molecule has 1 aromatic carbocycles. The van der Waals surface area contributed by atoms with Crippen molar-refractivity contribution in [3.63, 3.8) is 0 Å². The third-order valence-electron chi connectivity index (χ3n) is 15.1. The van der Waals surface area contributed by atoms with Crippen molar-refractivity contribution < 1.29 is 41.7 Å². The summed E-state index contributed by atoms with van der Waals surface area (Å²) in [5, 5.41) is 2.83. The number of ether oxygens (including phenoxy) is 5. The molecule has 0 bridgehead atoms. The first-order valence-electron chi connectivity index (χ1n) is 25.5. The number of hydrogen-bond acceptors (Lipinski definition) is 12. The van der Waals surface area contributed by atoms with E-state index in [9.17, 15) is 27.6 Å². The van der Waals surface area contributed by atoms with E-state index in [2.05, 4.69) is 19.2 Å². The molecule has 2 saturated carbocycles. The van der Waals surface area contributed by atoms with Crippen LogP contribution in [0.1, 0.15) is 178 Å². The Morgan fingerprint density at radius 3 is 2.03 bits per heavy atom. The van der Waals surface area contributed by atoms with Crippen LogP contribution in [-0.4, -0.2) is 121 Å². The topological polar surface area (TPSA) is 189 Å². The van der Waals surface area contributed by atoms with Gasteiger partial charge in [-0.05, 0) is 73.5 Å². The normalized spacial score (nSPS) is 25.5. The highest BCUT2D eigenvalue weighted by molar-refractivity contribution is 7.89. The Morgan fingerprint density at radius 2 is 1.46 bits per heavy atom. The lowest BCUT2D eigenvalue weighted by molar-refractivity contribution is -0.250. The van der Waals surface area contributed by atoms with Crippen LogP contribution in [0.15, 0.2) is 37.8 Å². The van der Waals surface area contributed by atoms with E-state index >= 15 is 0 Å². The van der Waals surface area contributed by atoms with E-state index in [1.54, 1.807) is 30.3 Å². The summed E-state index contributed by atoms with van der Waals surface area (Å²) in [6, 6.07) is 3.08. The van der Waals surface area contributed by atoms with Gasteiger partial charge >= 0.3 is 5.69 Å². The fourth-order valence-electron chi connectivity index (χ4n) is 10.8. The molecular weight excluding hydrogens is 905 g/mol. The third-order valence-corrected chi connectivity index (χ3v) is 17.2. The van der Waals surface area contributed by atoms with Gasteiger partial charge in [0.1, 0.15) is 12.3 Å². The zero-order valence-electron chi connectivity index (χ0n) is 42.5. The molecule has 7 rings (SSSR count). The van der Waals surface area contributed by atoms with Crippen LogP contribution >= 0.6 is 0 Å². The number of rotatable bonds is 21. The third kappa shape index (κ3) is 11.7. The minimum absolute atomic E-state index is 0.0142. The first-order chi connectivity index (χ1) is 32.8. The van der Waals surface area contributed by atoms with E-state index in [0.29, 0.717) is 23.3 Å². The minimum atomic E-state index is -3.80. The van der Waals surface area contributed by atoms with Gasteiger partial charge in [-0.3, -0.25) is 28.5 Å². The van der Waals surface area contributed by atoms with Gasteiger partial charge in [0.25, 0.3) is 5.56 Å². The van der Waals surface area contributed by atoms with Gasteiger partial charge in [-0.1, -0.05) is 66.5 Å². The number of amides is 2. The summed E-state index contributed by atoms with van der Waals surface area (Å²) in [6.07, 6.45) is 11.6. The molecule has 2 amide bonds. The van der Waals surface area contributed by atoms with Gasteiger partial charge in [-0.15, -0.1) is 0 Å². The summed E-state index contributed by atoms with van der Waals surface area (Å²) in [5.74, 6) is -1.67. The molecular formula is C51H78N6O11S. The summed E-state index contributed by atoms with van der Waals surface area (Å²) in [7, 11) is -0.482. The van der Waals surface area contributed by atoms with E-state index in [1.807, 2.05) is 39.8 Å². The molecule has 5 fully saturated rings. The second-order valence-electron chi connectivity index (χ2n) is 20.9. The first kappa shape index (κ1) is 52.9. The number of aryl methyl sites for hydroxylation is 1. The van der Waals surface area contributed by atoms with E-state index in [1.165, 1.54) is 21.7 Å². The molecule has 1 aromatic heterocycles. The Hall–Kier alpha value is -3.94. The van der Waals surface area contributed by atoms with Crippen LogP contribution in [0.5, 0.6) is 0 Å². The van der Waals surface area contributed by atoms with E-state index in [-0.39, 0.29) is 87.3 Å². The molecule has 69 heavy (non-hydrogen) atoms. The molecule has 3 saturated heterocycles. The lowest BCUT2D eigenvalue weighted by atomic mass is 9.89. The molecule has 5 atom stereocenters. The van der Waals surface area contributed by atoms with Gasteiger partial charge in [0.15, 0.2) is 12.2 Å².